The Hall–Kier alpha value is -3.39. The van der Waals surface area contributed by atoms with E-state index in [1.165, 1.54) is 5.56 Å². The lowest BCUT2D eigenvalue weighted by Crippen LogP contribution is -2.22. The number of aromatic nitrogens is 1. The molecule has 0 unspecified atom stereocenters. The normalized spacial score (nSPS) is 10.7. The molecule has 1 aromatic heterocycles. The molecule has 0 saturated heterocycles. The SMILES string of the molecule is Cc1ccc(Cn2c(-c3ccccc3)cc(-c3ccccc3)cc2=O)cc1. The topological polar surface area (TPSA) is 22.0 Å². The summed E-state index contributed by atoms with van der Waals surface area (Å²) in [7, 11) is 0. The number of rotatable bonds is 4. The predicted molar refractivity (Wildman–Crippen MR) is 112 cm³/mol. The van der Waals surface area contributed by atoms with Gasteiger partial charge in [-0.25, -0.2) is 0 Å². The Morgan fingerprint density at radius 3 is 1.89 bits per heavy atom. The van der Waals surface area contributed by atoms with Gasteiger partial charge >= 0.3 is 0 Å². The molecule has 2 nitrogen and oxygen atoms in total. The third-order valence-corrected chi connectivity index (χ3v) is 4.77. The second-order valence-corrected chi connectivity index (χ2v) is 6.77. The second kappa shape index (κ2) is 7.46. The van der Waals surface area contributed by atoms with Gasteiger partial charge in [0.05, 0.1) is 12.2 Å². The number of hydrogen-bond acceptors (Lipinski definition) is 1. The summed E-state index contributed by atoms with van der Waals surface area (Å²) in [4.78, 5) is 13.0. The molecule has 0 radical (unpaired) electrons. The van der Waals surface area contributed by atoms with Gasteiger partial charge in [0.25, 0.3) is 5.56 Å². The van der Waals surface area contributed by atoms with E-state index in [2.05, 4.69) is 49.4 Å². The molecule has 0 atom stereocenters. The molecule has 0 bridgehead atoms. The summed E-state index contributed by atoms with van der Waals surface area (Å²) >= 11 is 0. The van der Waals surface area contributed by atoms with Crippen molar-refractivity contribution in [2.45, 2.75) is 13.5 Å². The summed E-state index contributed by atoms with van der Waals surface area (Å²) in [6.07, 6.45) is 0. The lowest BCUT2D eigenvalue weighted by molar-refractivity contribution is 0.769. The number of nitrogens with zero attached hydrogens (tertiary/aromatic N) is 1. The van der Waals surface area contributed by atoms with Gasteiger partial charge in [-0.2, -0.15) is 0 Å². The number of pyridine rings is 1. The quantitative estimate of drug-likeness (QED) is 0.473. The van der Waals surface area contributed by atoms with Crippen molar-refractivity contribution in [3.05, 3.63) is 119 Å². The zero-order valence-electron chi connectivity index (χ0n) is 15.3. The van der Waals surface area contributed by atoms with Crippen molar-refractivity contribution < 1.29 is 0 Å². The van der Waals surface area contributed by atoms with Crippen LogP contribution in [0.5, 0.6) is 0 Å². The van der Waals surface area contributed by atoms with Crippen molar-refractivity contribution in [3.8, 4) is 22.4 Å². The van der Waals surface area contributed by atoms with E-state index < -0.39 is 0 Å². The summed E-state index contributed by atoms with van der Waals surface area (Å²) in [5.41, 5.74) is 6.31. The summed E-state index contributed by atoms with van der Waals surface area (Å²) < 4.78 is 1.85. The predicted octanol–water partition coefficient (Wildman–Crippen LogP) is 5.54. The van der Waals surface area contributed by atoms with Crippen LogP contribution in [0, 0.1) is 6.92 Å². The van der Waals surface area contributed by atoms with Crippen molar-refractivity contribution in [3.63, 3.8) is 0 Å². The molecule has 0 N–H and O–H groups in total. The molecule has 0 spiro atoms. The van der Waals surface area contributed by atoms with Crippen molar-refractivity contribution in [1.82, 2.24) is 4.57 Å². The molecule has 4 rings (SSSR count). The average Bonchev–Trinajstić information content (AvgIpc) is 2.72. The minimum Gasteiger partial charge on any atom is -0.304 e. The fourth-order valence-electron chi connectivity index (χ4n) is 3.28. The molecule has 0 saturated carbocycles. The number of aryl methyl sites for hydroxylation is 1. The van der Waals surface area contributed by atoms with E-state index in [1.54, 1.807) is 6.07 Å². The second-order valence-electron chi connectivity index (χ2n) is 6.77. The first-order chi connectivity index (χ1) is 13.2. The molecule has 132 valence electrons. The first-order valence-corrected chi connectivity index (χ1v) is 9.12. The van der Waals surface area contributed by atoms with Gasteiger partial charge in [0.2, 0.25) is 0 Å². The first-order valence-electron chi connectivity index (χ1n) is 9.12. The van der Waals surface area contributed by atoms with E-state index in [0.717, 1.165) is 27.9 Å². The van der Waals surface area contributed by atoms with Crippen LogP contribution in [-0.2, 0) is 6.54 Å². The highest BCUT2D eigenvalue weighted by atomic mass is 16.1. The van der Waals surface area contributed by atoms with Crippen LogP contribution in [-0.4, -0.2) is 4.57 Å². The van der Waals surface area contributed by atoms with Crippen molar-refractivity contribution >= 4 is 0 Å². The zero-order chi connectivity index (χ0) is 18.6. The molecule has 1 heterocycles. The fraction of sp³-hybridized carbons (Fsp3) is 0.0800. The largest absolute Gasteiger partial charge is 0.304 e. The van der Waals surface area contributed by atoms with Gasteiger partial charge in [0.15, 0.2) is 0 Å². The smallest absolute Gasteiger partial charge is 0.251 e. The van der Waals surface area contributed by atoms with Gasteiger partial charge in [-0.3, -0.25) is 4.79 Å². The highest BCUT2D eigenvalue weighted by molar-refractivity contribution is 5.70. The minimum atomic E-state index is 0.00998. The highest BCUT2D eigenvalue weighted by Crippen LogP contribution is 2.25. The first kappa shape index (κ1) is 17.0. The van der Waals surface area contributed by atoms with Gasteiger partial charge in [-0.1, -0.05) is 90.5 Å². The van der Waals surface area contributed by atoms with Gasteiger partial charge in [0.1, 0.15) is 0 Å². The maximum atomic E-state index is 13.0. The Bertz CT molecular complexity index is 1090. The summed E-state index contributed by atoms with van der Waals surface area (Å²) in [5, 5.41) is 0. The van der Waals surface area contributed by atoms with Gasteiger partial charge in [0, 0.05) is 6.07 Å². The zero-order valence-corrected chi connectivity index (χ0v) is 15.3. The molecular weight excluding hydrogens is 330 g/mol. The summed E-state index contributed by atoms with van der Waals surface area (Å²) in [6.45, 7) is 2.62. The van der Waals surface area contributed by atoms with Crippen molar-refractivity contribution in [1.29, 1.82) is 0 Å². The Morgan fingerprint density at radius 1 is 0.667 bits per heavy atom. The van der Waals surface area contributed by atoms with E-state index in [-0.39, 0.29) is 5.56 Å². The molecule has 0 aliphatic rings. The number of benzene rings is 3. The number of hydrogen-bond donors (Lipinski definition) is 0. The molecule has 27 heavy (non-hydrogen) atoms. The molecule has 0 aliphatic carbocycles. The molecule has 4 aromatic rings. The van der Waals surface area contributed by atoms with Gasteiger partial charge in [-0.15, -0.1) is 0 Å². The van der Waals surface area contributed by atoms with E-state index in [9.17, 15) is 4.79 Å². The maximum absolute atomic E-state index is 13.0. The Kier molecular flexibility index (Phi) is 4.71. The molecule has 0 aliphatic heterocycles. The van der Waals surface area contributed by atoms with Crippen LogP contribution in [0.4, 0.5) is 0 Å². The lowest BCUT2D eigenvalue weighted by atomic mass is 10.0. The third-order valence-electron chi connectivity index (χ3n) is 4.77. The standard InChI is InChI=1S/C25H21NO/c1-19-12-14-20(15-13-19)18-26-24(22-10-6-3-7-11-22)16-23(17-25(26)27)21-8-4-2-5-9-21/h2-17H,18H2,1H3. The van der Waals surface area contributed by atoms with Crippen molar-refractivity contribution in [2.24, 2.45) is 0 Å². The lowest BCUT2D eigenvalue weighted by Gasteiger charge is -2.15. The van der Waals surface area contributed by atoms with E-state index in [1.807, 2.05) is 53.1 Å². The van der Waals surface area contributed by atoms with E-state index >= 15 is 0 Å². The summed E-state index contributed by atoms with van der Waals surface area (Å²) in [6, 6.07) is 32.3. The third kappa shape index (κ3) is 3.75. The summed E-state index contributed by atoms with van der Waals surface area (Å²) in [5.74, 6) is 0. The maximum Gasteiger partial charge on any atom is 0.251 e. The Balaban J connectivity index is 1.87. The molecule has 2 heteroatoms. The van der Waals surface area contributed by atoms with Crippen LogP contribution in [0.3, 0.4) is 0 Å². The van der Waals surface area contributed by atoms with Gasteiger partial charge < -0.3 is 4.57 Å². The van der Waals surface area contributed by atoms with Gasteiger partial charge in [-0.05, 0) is 35.2 Å². The van der Waals surface area contributed by atoms with E-state index in [0.29, 0.717) is 6.54 Å². The average molecular weight is 351 g/mol. The Morgan fingerprint density at radius 2 is 1.26 bits per heavy atom. The van der Waals surface area contributed by atoms with Crippen molar-refractivity contribution in [2.75, 3.05) is 0 Å². The fourth-order valence-corrected chi connectivity index (χ4v) is 3.28. The van der Waals surface area contributed by atoms with Crippen LogP contribution in [0.25, 0.3) is 22.4 Å². The van der Waals surface area contributed by atoms with Crippen LogP contribution in [0.1, 0.15) is 11.1 Å². The molecule has 0 fully saturated rings. The van der Waals surface area contributed by atoms with E-state index in [4.69, 9.17) is 0 Å². The molecule has 0 amide bonds. The highest BCUT2D eigenvalue weighted by Gasteiger charge is 2.11. The molecule has 3 aromatic carbocycles. The Labute approximate surface area is 159 Å². The van der Waals surface area contributed by atoms with Crippen LogP contribution in [0.15, 0.2) is 102 Å². The van der Waals surface area contributed by atoms with Crippen LogP contribution in [0.2, 0.25) is 0 Å². The van der Waals surface area contributed by atoms with Crippen LogP contribution < -0.4 is 5.56 Å². The van der Waals surface area contributed by atoms with Crippen LogP contribution >= 0.6 is 0 Å². The minimum absolute atomic E-state index is 0.00998. The monoisotopic (exact) mass is 351 g/mol. The molecular formula is C25H21NO.